The first-order valence-corrected chi connectivity index (χ1v) is 8.24. The summed E-state index contributed by atoms with van der Waals surface area (Å²) in [6, 6.07) is 8.33. The van der Waals surface area contributed by atoms with Crippen molar-refractivity contribution in [3.05, 3.63) is 35.5 Å². The van der Waals surface area contributed by atoms with E-state index < -0.39 is 11.4 Å². The Labute approximate surface area is 130 Å². The fourth-order valence-electron chi connectivity index (χ4n) is 4.64. The molecule has 3 heterocycles. The van der Waals surface area contributed by atoms with E-state index in [2.05, 4.69) is 28.1 Å². The van der Waals surface area contributed by atoms with Gasteiger partial charge in [-0.25, -0.2) is 0 Å². The van der Waals surface area contributed by atoms with E-state index in [9.17, 15) is 9.90 Å². The second-order valence-electron chi connectivity index (χ2n) is 6.67. The van der Waals surface area contributed by atoms with Crippen LogP contribution in [-0.4, -0.2) is 34.0 Å². The predicted molar refractivity (Wildman–Crippen MR) is 85.9 cm³/mol. The van der Waals surface area contributed by atoms with Gasteiger partial charge < -0.3 is 10.1 Å². The largest absolute Gasteiger partial charge is 0.481 e. The van der Waals surface area contributed by atoms with E-state index in [0.717, 1.165) is 43.6 Å². The maximum absolute atomic E-state index is 12.1. The van der Waals surface area contributed by atoms with Crippen LogP contribution in [-0.2, 0) is 11.2 Å². The van der Waals surface area contributed by atoms with Gasteiger partial charge in [-0.1, -0.05) is 25.1 Å². The second kappa shape index (κ2) is 4.85. The lowest BCUT2D eigenvalue weighted by molar-refractivity contribution is -0.159. The summed E-state index contributed by atoms with van der Waals surface area (Å²) in [5, 5.41) is 11.2. The second-order valence-corrected chi connectivity index (χ2v) is 6.67. The van der Waals surface area contributed by atoms with Crippen LogP contribution in [0.15, 0.2) is 24.3 Å². The van der Waals surface area contributed by atoms with Crippen molar-refractivity contribution >= 4 is 16.9 Å². The van der Waals surface area contributed by atoms with Crippen molar-refractivity contribution in [1.82, 2.24) is 9.88 Å². The predicted octanol–water partition coefficient (Wildman–Crippen LogP) is 3.34. The monoisotopic (exact) mass is 298 g/mol. The molecule has 1 fully saturated rings. The van der Waals surface area contributed by atoms with Gasteiger partial charge in [-0.05, 0) is 43.9 Å². The standard InChI is InChI=1S/C18H22N2O2/c1-2-18(17(21)22)9-5-10-20-11-8-13-12-6-3-4-7-14(12)19-15(13)16(18)20/h3-4,6-7,16,19H,2,5,8-11H2,1H3,(H,21,22). The van der Waals surface area contributed by atoms with E-state index in [0.29, 0.717) is 6.42 Å². The lowest BCUT2D eigenvalue weighted by atomic mass is 9.68. The van der Waals surface area contributed by atoms with Crippen molar-refractivity contribution in [2.45, 2.75) is 38.6 Å². The van der Waals surface area contributed by atoms with Crippen LogP contribution in [0.3, 0.4) is 0 Å². The highest BCUT2D eigenvalue weighted by atomic mass is 16.4. The highest BCUT2D eigenvalue weighted by Gasteiger charge is 2.52. The number of piperidine rings is 1. The quantitative estimate of drug-likeness (QED) is 0.894. The van der Waals surface area contributed by atoms with Crippen molar-refractivity contribution in [2.75, 3.05) is 13.1 Å². The van der Waals surface area contributed by atoms with E-state index in [4.69, 9.17) is 0 Å². The number of hydrogen-bond donors (Lipinski definition) is 2. The Morgan fingerprint density at radius 1 is 1.41 bits per heavy atom. The minimum atomic E-state index is -0.658. The third-order valence-electron chi connectivity index (χ3n) is 5.78. The Balaban J connectivity index is 1.94. The zero-order valence-electron chi connectivity index (χ0n) is 12.9. The highest BCUT2D eigenvalue weighted by molar-refractivity contribution is 5.86. The van der Waals surface area contributed by atoms with Gasteiger partial charge in [-0.15, -0.1) is 0 Å². The van der Waals surface area contributed by atoms with Gasteiger partial charge in [0.15, 0.2) is 0 Å². The summed E-state index contributed by atoms with van der Waals surface area (Å²) in [5.41, 5.74) is 2.96. The van der Waals surface area contributed by atoms with E-state index in [1.54, 1.807) is 0 Å². The number of nitrogens with zero attached hydrogens (tertiary/aromatic N) is 1. The van der Waals surface area contributed by atoms with Gasteiger partial charge in [0.25, 0.3) is 0 Å². The molecule has 22 heavy (non-hydrogen) atoms. The van der Waals surface area contributed by atoms with Crippen LogP contribution in [0.5, 0.6) is 0 Å². The normalized spacial score (nSPS) is 28.3. The van der Waals surface area contributed by atoms with Crippen molar-refractivity contribution < 1.29 is 9.90 Å². The van der Waals surface area contributed by atoms with Crippen molar-refractivity contribution in [1.29, 1.82) is 0 Å². The number of para-hydroxylation sites is 1. The lowest BCUT2D eigenvalue weighted by Crippen LogP contribution is -2.52. The summed E-state index contributed by atoms with van der Waals surface area (Å²) >= 11 is 0. The topological polar surface area (TPSA) is 56.3 Å². The van der Waals surface area contributed by atoms with Crippen LogP contribution >= 0.6 is 0 Å². The maximum atomic E-state index is 12.1. The molecule has 2 aliphatic rings. The molecule has 2 atom stereocenters. The fraction of sp³-hybridized carbons (Fsp3) is 0.500. The number of aliphatic carboxylic acids is 1. The van der Waals surface area contributed by atoms with E-state index in [1.165, 1.54) is 10.9 Å². The van der Waals surface area contributed by atoms with Crippen LogP contribution in [0.1, 0.15) is 43.5 Å². The molecule has 1 saturated heterocycles. The minimum absolute atomic E-state index is 0.0140. The average Bonchev–Trinajstić information content (AvgIpc) is 2.92. The number of H-pyrrole nitrogens is 1. The van der Waals surface area contributed by atoms with Gasteiger partial charge in [0.2, 0.25) is 0 Å². The number of hydrogen-bond acceptors (Lipinski definition) is 2. The smallest absolute Gasteiger partial charge is 0.311 e. The number of carboxylic acid groups (broad SMARTS) is 1. The van der Waals surface area contributed by atoms with Crippen LogP contribution in [0, 0.1) is 5.41 Å². The third-order valence-corrected chi connectivity index (χ3v) is 5.78. The first kappa shape index (κ1) is 13.8. The SMILES string of the molecule is CCC1(C(=O)O)CCCN2CCc3c([nH]c4ccccc34)C21. The van der Waals surface area contributed by atoms with Gasteiger partial charge in [0, 0.05) is 23.1 Å². The number of carbonyl (C=O) groups is 1. The first-order chi connectivity index (χ1) is 10.7. The molecule has 116 valence electrons. The molecule has 4 rings (SSSR count). The number of benzene rings is 1. The highest BCUT2D eigenvalue weighted by Crippen LogP contribution is 2.51. The fourth-order valence-corrected chi connectivity index (χ4v) is 4.64. The maximum Gasteiger partial charge on any atom is 0.311 e. The van der Waals surface area contributed by atoms with Gasteiger partial charge in [-0.3, -0.25) is 9.69 Å². The summed E-state index contributed by atoms with van der Waals surface area (Å²) in [6.45, 7) is 4.00. The molecule has 0 saturated carbocycles. The van der Waals surface area contributed by atoms with Gasteiger partial charge in [0.1, 0.15) is 0 Å². The molecule has 0 amide bonds. The molecule has 0 aliphatic carbocycles. The number of nitrogens with one attached hydrogen (secondary N) is 1. The molecule has 1 aromatic carbocycles. The lowest BCUT2D eigenvalue weighted by Gasteiger charge is -2.49. The molecule has 1 aromatic heterocycles. The molecule has 2 aromatic rings. The van der Waals surface area contributed by atoms with Crippen molar-refractivity contribution in [2.24, 2.45) is 5.41 Å². The van der Waals surface area contributed by atoms with Gasteiger partial charge in [0.05, 0.1) is 11.5 Å². The molecular weight excluding hydrogens is 276 g/mol. The minimum Gasteiger partial charge on any atom is -0.481 e. The molecule has 0 radical (unpaired) electrons. The van der Waals surface area contributed by atoms with E-state index >= 15 is 0 Å². The molecule has 2 unspecified atom stereocenters. The van der Waals surface area contributed by atoms with Gasteiger partial charge in [-0.2, -0.15) is 0 Å². The molecule has 2 N–H and O–H groups in total. The Bertz CT molecular complexity index is 736. The zero-order valence-corrected chi connectivity index (χ0v) is 12.9. The van der Waals surface area contributed by atoms with E-state index in [1.807, 2.05) is 13.0 Å². The summed E-state index contributed by atoms with van der Waals surface area (Å²) in [5.74, 6) is -0.642. The first-order valence-electron chi connectivity index (χ1n) is 8.24. The number of aromatic amines is 1. The molecule has 0 bridgehead atoms. The summed E-state index contributed by atoms with van der Waals surface area (Å²) < 4.78 is 0. The Morgan fingerprint density at radius 3 is 3.00 bits per heavy atom. The number of rotatable bonds is 2. The summed E-state index contributed by atoms with van der Waals surface area (Å²) in [6.07, 6.45) is 3.44. The van der Waals surface area contributed by atoms with Crippen molar-refractivity contribution in [3.63, 3.8) is 0 Å². The third kappa shape index (κ3) is 1.70. The Morgan fingerprint density at radius 2 is 2.23 bits per heavy atom. The Hall–Kier alpha value is -1.81. The van der Waals surface area contributed by atoms with E-state index in [-0.39, 0.29) is 6.04 Å². The molecule has 4 nitrogen and oxygen atoms in total. The Kier molecular flexibility index (Phi) is 3.05. The number of carboxylic acids is 1. The number of fused-ring (bicyclic) bond motifs is 5. The van der Waals surface area contributed by atoms with Gasteiger partial charge >= 0.3 is 5.97 Å². The molecule has 4 heteroatoms. The average molecular weight is 298 g/mol. The van der Waals surface area contributed by atoms with Crippen LogP contribution in [0.25, 0.3) is 10.9 Å². The summed E-state index contributed by atoms with van der Waals surface area (Å²) in [7, 11) is 0. The summed E-state index contributed by atoms with van der Waals surface area (Å²) in [4.78, 5) is 18.1. The molecule has 0 spiro atoms. The van der Waals surface area contributed by atoms with Crippen molar-refractivity contribution in [3.8, 4) is 0 Å². The molecular formula is C18H22N2O2. The molecule has 2 aliphatic heterocycles. The number of aromatic nitrogens is 1. The van der Waals surface area contributed by atoms with Crippen LogP contribution in [0.2, 0.25) is 0 Å². The zero-order chi connectivity index (χ0) is 15.3. The van der Waals surface area contributed by atoms with Crippen LogP contribution < -0.4 is 0 Å². The van der Waals surface area contributed by atoms with Crippen LogP contribution in [0.4, 0.5) is 0 Å².